The lowest BCUT2D eigenvalue weighted by molar-refractivity contribution is -0.122. The number of nitrogens with one attached hydrogen (secondary N) is 1. The summed E-state index contributed by atoms with van der Waals surface area (Å²) in [7, 11) is 0. The van der Waals surface area contributed by atoms with Crippen LogP contribution in [0, 0.1) is 0 Å². The molecule has 5 rings (SSSR count). The number of ether oxygens (including phenoxy) is 2. The highest BCUT2D eigenvalue weighted by Crippen LogP contribution is 2.36. The molecule has 4 amide bonds. The number of aryl methyl sites for hydroxylation is 1. The molecule has 2 aliphatic heterocycles. The molecule has 0 spiro atoms. The largest absolute Gasteiger partial charge is 0.454 e. The number of carbonyl (C=O) groups excluding carboxylic acids is 3. The Bertz CT molecular complexity index is 1260. The van der Waals surface area contributed by atoms with Crippen LogP contribution in [0.1, 0.15) is 12.5 Å². The maximum absolute atomic E-state index is 13.2. The average molecular weight is 403 g/mol. The molecule has 0 atom stereocenters. The van der Waals surface area contributed by atoms with E-state index in [1.807, 2.05) is 42.0 Å². The topological polar surface area (TPSA) is 89.9 Å². The second-order valence-corrected chi connectivity index (χ2v) is 6.88. The summed E-state index contributed by atoms with van der Waals surface area (Å²) in [6, 6.07) is 11.7. The first kappa shape index (κ1) is 18.0. The van der Waals surface area contributed by atoms with Crippen LogP contribution in [0.2, 0.25) is 0 Å². The van der Waals surface area contributed by atoms with Crippen molar-refractivity contribution in [2.45, 2.75) is 13.5 Å². The number of fused-ring (bicyclic) bond motifs is 2. The van der Waals surface area contributed by atoms with Crippen molar-refractivity contribution in [3.63, 3.8) is 0 Å². The molecule has 1 aromatic heterocycles. The minimum atomic E-state index is -0.808. The third-order valence-electron chi connectivity index (χ3n) is 5.18. The molecule has 30 heavy (non-hydrogen) atoms. The van der Waals surface area contributed by atoms with E-state index in [9.17, 15) is 14.4 Å². The highest BCUT2D eigenvalue weighted by Gasteiger charge is 2.37. The monoisotopic (exact) mass is 403 g/mol. The number of barbiturate groups is 1. The molecule has 0 radical (unpaired) electrons. The van der Waals surface area contributed by atoms with E-state index in [1.54, 1.807) is 12.1 Å². The Morgan fingerprint density at radius 3 is 2.70 bits per heavy atom. The fourth-order valence-corrected chi connectivity index (χ4v) is 3.72. The lowest BCUT2D eigenvalue weighted by atomic mass is 10.1. The van der Waals surface area contributed by atoms with Gasteiger partial charge >= 0.3 is 6.03 Å². The van der Waals surface area contributed by atoms with Crippen LogP contribution in [0.4, 0.5) is 10.5 Å². The zero-order valence-electron chi connectivity index (χ0n) is 16.0. The van der Waals surface area contributed by atoms with Crippen LogP contribution < -0.4 is 19.7 Å². The molecule has 2 aromatic carbocycles. The number of anilines is 1. The van der Waals surface area contributed by atoms with Crippen molar-refractivity contribution in [2.75, 3.05) is 11.7 Å². The van der Waals surface area contributed by atoms with Gasteiger partial charge in [0.25, 0.3) is 11.8 Å². The minimum absolute atomic E-state index is 0.0735. The van der Waals surface area contributed by atoms with Gasteiger partial charge in [-0.3, -0.25) is 14.9 Å². The molecule has 8 heteroatoms. The molecule has 2 aliphatic rings. The molecule has 0 unspecified atom stereocenters. The smallest absolute Gasteiger partial charge is 0.335 e. The normalized spacial score (nSPS) is 17.2. The first-order chi connectivity index (χ1) is 14.6. The number of nitrogens with zero attached hydrogens (tertiary/aromatic N) is 2. The molecule has 150 valence electrons. The SMILES string of the molecule is CCn1cc(C=C2C(=O)NC(=O)N(c3ccc4c(c3)OCO4)C2=O)c2ccccc21. The van der Waals surface area contributed by atoms with Gasteiger partial charge < -0.3 is 14.0 Å². The second kappa shape index (κ2) is 6.77. The third kappa shape index (κ3) is 2.73. The Kier molecular flexibility index (Phi) is 4.06. The Hall–Kier alpha value is -4.07. The van der Waals surface area contributed by atoms with Gasteiger partial charge in [-0.25, -0.2) is 9.69 Å². The van der Waals surface area contributed by atoms with Crippen LogP contribution in [-0.4, -0.2) is 29.2 Å². The van der Waals surface area contributed by atoms with Crippen molar-refractivity contribution in [2.24, 2.45) is 0 Å². The standard InChI is InChI=1S/C22H17N3O5/c1-2-24-11-13(15-5-3-4-6-17(15)24)9-16-20(26)23-22(28)25(21(16)27)14-7-8-18-19(10-14)30-12-29-18/h3-11H,2,12H2,1H3,(H,23,26,28). The van der Waals surface area contributed by atoms with Crippen molar-refractivity contribution < 1.29 is 23.9 Å². The fraction of sp³-hybridized carbons (Fsp3) is 0.136. The maximum Gasteiger partial charge on any atom is 0.335 e. The predicted octanol–water partition coefficient (Wildman–Crippen LogP) is 3.06. The van der Waals surface area contributed by atoms with Crippen molar-refractivity contribution in [1.29, 1.82) is 0 Å². The van der Waals surface area contributed by atoms with Gasteiger partial charge in [0.2, 0.25) is 6.79 Å². The van der Waals surface area contributed by atoms with E-state index in [-0.39, 0.29) is 18.1 Å². The summed E-state index contributed by atoms with van der Waals surface area (Å²) >= 11 is 0. The molecule has 1 saturated heterocycles. The number of hydrogen-bond donors (Lipinski definition) is 1. The maximum atomic E-state index is 13.2. The number of benzene rings is 2. The van der Waals surface area contributed by atoms with Crippen LogP contribution in [0.25, 0.3) is 17.0 Å². The molecule has 0 saturated carbocycles. The highest BCUT2D eigenvalue weighted by molar-refractivity contribution is 6.39. The van der Waals surface area contributed by atoms with Gasteiger partial charge in [0.1, 0.15) is 5.57 Å². The summed E-state index contributed by atoms with van der Waals surface area (Å²) in [5.41, 5.74) is 1.90. The highest BCUT2D eigenvalue weighted by atomic mass is 16.7. The molecule has 8 nitrogen and oxygen atoms in total. The Morgan fingerprint density at radius 2 is 1.87 bits per heavy atom. The molecule has 0 bridgehead atoms. The summed E-state index contributed by atoms with van der Waals surface area (Å²) in [5, 5.41) is 3.16. The van der Waals surface area contributed by atoms with Crippen LogP contribution >= 0.6 is 0 Å². The zero-order valence-corrected chi connectivity index (χ0v) is 16.0. The number of carbonyl (C=O) groups is 3. The minimum Gasteiger partial charge on any atom is -0.454 e. The van der Waals surface area contributed by atoms with Gasteiger partial charge in [0, 0.05) is 35.3 Å². The van der Waals surface area contributed by atoms with Gasteiger partial charge in [0.15, 0.2) is 11.5 Å². The average Bonchev–Trinajstić information content (AvgIpc) is 3.35. The number of rotatable bonds is 3. The number of imide groups is 2. The van der Waals surface area contributed by atoms with Gasteiger partial charge in [-0.1, -0.05) is 18.2 Å². The van der Waals surface area contributed by atoms with E-state index in [1.165, 1.54) is 12.1 Å². The third-order valence-corrected chi connectivity index (χ3v) is 5.18. The Balaban J connectivity index is 1.58. The first-order valence-corrected chi connectivity index (χ1v) is 9.46. The number of amides is 4. The van der Waals surface area contributed by atoms with Crippen molar-refractivity contribution in [3.05, 3.63) is 59.8 Å². The second-order valence-electron chi connectivity index (χ2n) is 6.88. The molecule has 0 aliphatic carbocycles. The van der Waals surface area contributed by atoms with E-state index >= 15 is 0 Å². The van der Waals surface area contributed by atoms with Gasteiger partial charge in [-0.05, 0) is 31.2 Å². The molecule has 3 aromatic rings. The lowest BCUT2D eigenvalue weighted by Gasteiger charge is -2.26. The van der Waals surface area contributed by atoms with Crippen molar-refractivity contribution in [3.8, 4) is 11.5 Å². The van der Waals surface area contributed by atoms with Gasteiger partial charge in [-0.2, -0.15) is 0 Å². The van der Waals surface area contributed by atoms with E-state index in [2.05, 4.69) is 5.32 Å². The van der Waals surface area contributed by atoms with Gasteiger partial charge in [-0.15, -0.1) is 0 Å². The molecule has 3 heterocycles. The number of urea groups is 1. The molecule has 1 N–H and O–H groups in total. The number of para-hydroxylation sites is 1. The summed E-state index contributed by atoms with van der Waals surface area (Å²) in [4.78, 5) is 39.0. The van der Waals surface area contributed by atoms with E-state index in [0.29, 0.717) is 11.5 Å². The predicted molar refractivity (Wildman–Crippen MR) is 109 cm³/mol. The first-order valence-electron chi connectivity index (χ1n) is 9.46. The summed E-state index contributed by atoms with van der Waals surface area (Å²) in [6.45, 7) is 2.83. The van der Waals surface area contributed by atoms with E-state index in [0.717, 1.165) is 27.9 Å². The Morgan fingerprint density at radius 1 is 1.07 bits per heavy atom. The van der Waals surface area contributed by atoms with Crippen molar-refractivity contribution >= 4 is 40.5 Å². The summed E-state index contributed by atoms with van der Waals surface area (Å²) in [5.74, 6) is -0.462. The summed E-state index contributed by atoms with van der Waals surface area (Å²) in [6.07, 6.45) is 3.41. The van der Waals surface area contributed by atoms with Crippen LogP contribution in [0.3, 0.4) is 0 Å². The number of hydrogen-bond acceptors (Lipinski definition) is 5. The van der Waals surface area contributed by atoms with Gasteiger partial charge in [0.05, 0.1) is 5.69 Å². The molecule has 1 fully saturated rings. The van der Waals surface area contributed by atoms with E-state index < -0.39 is 17.8 Å². The van der Waals surface area contributed by atoms with Crippen LogP contribution in [0.5, 0.6) is 11.5 Å². The quantitative estimate of drug-likeness (QED) is 0.536. The fourth-order valence-electron chi connectivity index (χ4n) is 3.72. The van der Waals surface area contributed by atoms with Crippen LogP contribution in [-0.2, 0) is 16.1 Å². The Labute approximate surface area is 171 Å². The number of aromatic nitrogens is 1. The summed E-state index contributed by atoms with van der Waals surface area (Å²) < 4.78 is 12.6. The molecular weight excluding hydrogens is 386 g/mol. The van der Waals surface area contributed by atoms with Crippen molar-refractivity contribution in [1.82, 2.24) is 9.88 Å². The molecular formula is C22H17N3O5. The van der Waals surface area contributed by atoms with Crippen LogP contribution in [0.15, 0.2) is 54.2 Å². The zero-order chi connectivity index (χ0) is 20.8. The lowest BCUT2D eigenvalue weighted by Crippen LogP contribution is -2.54. The van der Waals surface area contributed by atoms with E-state index in [4.69, 9.17) is 9.47 Å².